The molecule has 1 unspecified atom stereocenters. The molecule has 1 saturated heterocycles. The first-order chi connectivity index (χ1) is 9.25. The highest BCUT2D eigenvalue weighted by molar-refractivity contribution is 9.10. The molecular weight excluding hydrogens is 309 g/mol. The highest BCUT2D eigenvalue weighted by Crippen LogP contribution is 2.27. The predicted molar refractivity (Wildman–Crippen MR) is 76.1 cm³/mol. The van der Waals surface area contributed by atoms with Gasteiger partial charge in [0.15, 0.2) is 0 Å². The highest BCUT2D eigenvalue weighted by atomic mass is 79.9. The molecule has 1 aromatic heterocycles. The molecule has 1 N–H and O–H groups in total. The number of hydrogen-bond acceptors (Lipinski definition) is 2. The maximum absolute atomic E-state index is 14.0. The molecule has 2 heterocycles. The van der Waals surface area contributed by atoms with Crippen LogP contribution in [0, 0.1) is 5.82 Å². The maximum Gasteiger partial charge on any atom is 0.147 e. The predicted octanol–water partition coefficient (Wildman–Crippen LogP) is 3.24. The zero-order valence-corrected chi connectivity index (χ0v) is 12.0. The molecule has 3 nitrogen and oxygen atoms in total. The summed E-state index contributed by atoms with van der Waals surface area (Å²) in [6, 6.07) is 4.97. The number of benzene rings is 1. The molecular formula is C14H15BrFN3. The van der Waals surface area contributed by atoms with E-state index >= 15 is 0 Å². The monoisotopic (exact) mass is 323 g/mol. The SMILES string of the molecule is Fc1ccc(Br)cc1-n1cncc1C1CCCNC1. The third-order valence-corrected chi connectivity index (χ3v) is 4.04. The number of piperidine rings is 1. The molecule has 0 radical (unpaired) electrons. The van der Waals surface area contributed by atoms with E-state index in [1.54, 1.807) is 18.5 Å². The zero-order valence-electron chi connectivity index (χ0n) is 10.4. The summed E-state index contributed by atoms with van der Waals surface area (Å²) in [6.07, 6.45) is 5.80. The van der Waals surface area contributed by atoms with Crippen LogP contribution in [-0.4, -0.2) is 22.6 Å². The zero-order chi connectivity index (χ0) is 13.2. The lowest BCUT2D eigenvalue weighted by molar-refractivity contribution is 0.450. The van der Waals surface area contributed by atoms with Crippen molar-refractivity contribution in [1.29, 1.82) is 0 Å². The Labute approximate surface area is 120 Å². The molecule has 0 spiro atoms. The number of imidazole rings is 1. The van der Waals surface area contributed by atoms with Gasteiger partial charge in [0.2, 0.25) is 0 Å². The second kappa shape index (κ2) is 5.43. The molecule has 1 aliphatic heterocycles. The van der Waals surface area contributed by atoms with Crippen molar-refractivity contribution in [2.75, 3.05) is 13.1 Å². The Morgan fingerprint density at radius 1 is 1.42 bits per heavy atom. The smallest absolute Gasteiger partial charge is 0.147 e. The summed E-state index contributed by atoms with van der Waals surface area (Å²) in [5.41, 5.74) is 1.62. The van der Waals surface area contributed by atoms with Crippen LogP contribution in [0.5, 0.6) is 0 Å². The summed E-state index contributed by atoms with van der Waals surface area (Å²) in [5.74, 6) is 0.167. The van der Waals surface area contributed by atoms with Crippen LogP contribution in [0.2, 0.25) is 0 Å². The van der Waals surface area contributed by atoms with Crippen molar-refractivity contribution in [3.8, 4) is 5.69 Å². The molecule has 0 amide bonds. The van der Waals surface area contributed by atoms with E-state index < -0.39 is 0 Å². The minimum Gasteiger partial charge on any atom is -0.316 e. The van der Waals surface area contributed by atoms with Gasteiger partial charge in [0.1, 0.15) is 5.82 Å². The van der Waals surface area contributed by atoms with E-state index in [-0.39, 0.29) is 5.82 Å². The number of nitrogens with one attached hydrogen (secondary N) is 1. The number of hydrogen-bond donors (Lipinski definition) is 1. The van der Waals surface area contributed by atoms with Crippen LogP contribution in [-0.2, 0) is 0 Å². The fraction of sp³-hybridized carbons (Fsp3) is 0.357. The van der Waals surface area contributed by atoms with Gasteiger partial charge >= 0.3 is 0 Å². The lowest BCUT2D eigenvalue weighted by atomic mass is 9.96. The molecule has 0 aliphatic carbocycles. The summed E-state index contributed by atoms with van der Waals surface area (Å²) in [7, 11) is 0. The topological polar surface area (TPSA) is 29.9 Å². The Morgan fingerprint density at radius 3 is 3.11 bits per heavy atom. The van der Waals surface area contributed by atoms with Gasteiger partial charge in [-0.15, -0.1) is 0 Å². The Hall–Kier alpha value is -1.20. The third-order valence-electron chi connectivity index (χ3n) is 3.55. The van der Waals surface area contributed by atoms with Gasteiger partial charge in [0.25, 0.3) is 0 Å². The summed E-state index contributed by atoms with van der Waals surface area (Å²) in [6.45, 7) is 2.00. The first kappa shape index (κ1) is 12.8. The molecule has 0 bridgehead atoms. The van der Waals surface area contributed by atoms with E-state index in [4.69, 9.17) is 0 Å². The van der Waals surface area contributed by atoms with E-state index in [0.29, 0.717) is 11.6 Å². The van der Waals surface area contributed by atoms with E-state index in [1.807, 2.05) is 10.8 Å². The Morgan fingerprint density at radius 2 is 2.32 bits per heavy atom. The van der Waals surface area contributed by atoms with Crippen LogP contribution in [0.15, 0.2) is 35.2 Å². The molecule has 1 aliphatic rings. The standard InChI is InChI=1S/C14H15BrFN3/c15-11-3-4-12(16)13(6-11)19-9-18-8-14(19)10-2-1-5-17-7-10/h3-4,6,8-10,17H,1-2,5,7H2. The minimum atomic E-state index is -0.230. The average molecular weight is 324 g/mol. The fourth-order valence-electron chi connectivity index (χ4n) is 2.58. The number of nitrogens with zero attached hydrogens (tertiary/aromatic N) is 2. The molecule has 3 rings (SSSR count). The van der Waals surface area contributed by atoms with Gasteiger partial charge in [-0.2, -0.15) is 0 Å². The van der Waals surface area contributed by atoms with E-state index in [0.717, 1.165) is 36.1 Å². The van der Waals surface area contributed by atoms with Crippen molar-refractivity contribution < 1.29 is 4.39 Å². The molecule has 5 heteroatoms. The van der Waals surface area contributed by atoms with Gasteiger partial charge in [-0.3, -0.25) is 4.57 Å². The summed E-state index contributed by atoms with van der Waals surface area (Å²) in [5, 5.41) is 3.38. The Kier molecular flexibility index (Phi) is 3.66. The average Bonchev–Trinajstić information content (AvgIpc) is 2.91. The molecule has 19 heavy (non-hydrogen) atoms. The molecule has 1 fully saturated rings. The molecule has 100 valence electrons. The van der Waals surface area contributed by atoms with E-state index in [2.05, 4.69) is 26.2 Å². The van der Waals surface area contributed by atoms with Gasteiger partial charge in [0.05, 0.1) is 12.0 Å². The van der Waals surface area contributed by atoms with Crippen LogP contribution in [0.3, 0.4) is 0 Å². The van der Waals surface area contributed by atoms with Crippen LogP contribution in [0.4, 0.5) is 4.39 Å². The van der Waals surface area contributed by atoms with Crippen molar-refractivity contribution in [2.45, 2.75) is 18.8 Å². The van der Waals surface area contributed by atoms with Crippen molar-refractivity contribution in [1.82, 2.24) is 14.9 Å². The second-order valence-corrected chi connectivity index (χ2v) is 5.74. The van der Waals surface area contributed by atoms with Crippen molar-refractivity contribution >= 4 is 15.9 Å². The van der Waals surface area contributed by atoms with Crippen molar-refractivity contribution in [3.05, 3.63) is 46.7 Å². The number of aromatic nitrogens is 2. The van der Waals surface area contributed by atoms with Crippen LogP contribution >= 0.6 is 15.9 Å². The van der Waals surface area contributed by atoms with E-state index in [1.165, 1.54) is 6.07 Å². The van der Waals surface area contributed by atoms with E-state index in [9.17, 15) is 4.39 Å². The third kappa shape index (κ3) is 2.58. The van der Waals surface area contributed by atoms with Crippen molar-refractivity contribution in [3.63, 3.8) is 0 Å². The van der Waals surface area contributed by atoms with Gasteiger partial charge in [-0.25, -0.2) is 9.37 Å². The second-order valence-electron chi connectivity index (χ2n) is 4.83. The van der Waals surface area contributed by atoms with Crippen molar-refractivity contribution in [2.24, 2.45) is 0 Å². The van der Waals surface area contributed by atoms with Gasteiger partial charge < -0.3 is 5.32 Å². The fourth-order valence-corrected chi connectivity index (χ4v) is 2.93. The highest BCUT2D eigenvalue weighted by Gasteiger charge is 2.20. The largest absolute Gasteiger partial charge is 0.316 e. The van der Waals surface area contributed by atoms with Gasteiger partial charge in [-0.1, -0.05) is 15.9 Å². The first-order valence-corrected chi connectivity index (χ1v) is 7.23. The van der Waals surface area contributed by atoms with Crippen LogP contribution in [0.1, 0.15) is 24.5 Å². The lowest BCUT2D eigenvalue weighted by Gasteiger charge is -2.24. The minimum absolute atomic E-state index is 0.230. The van der Waals surface area contributed by atoms with Gasteiger partial charge in [0, 0.05) is 28.8 Å². The summed E-state index contributed by atoms with van der Waals surface area (Å²) < 4.78 is 16.7. The molecule has 1 aromatic carbocycles. The Balaban J connectivity index is 2.01. The first-order valence-electron chi connectivity index (χ1n) is 6.44. The van der Waals surface area contributed by atoms with Crippen LogP contribution in [0.25, 0.3) is 5.69 Å². The Bertz CT molecular complexity index is 576. The molecule has 0 saturated carbocycles. The normalized spacial score (nSPS) is 19.6. The van der Waals surface area contributed by atoms with Crippen LogP contribution < -0.4 is 5.32 Å². The lowest BCUT2D eigenvalue weighted by Crippen LogP contribution is -2.29. The quantitative estimate of drug-likeness (QED) is 0.919. The molecule has 1 atom stereocenters. The maximum atomic E-state index is 14.0. The number of halogens is 2. The summed E-state index contributed by atoms with van der Waals surface area (Å²) in [4.78, 5) is 4.20. The van der Waals surface area contributed by atoms with Gasteiger partial charge in [-0.05, 0) is 37.6 Å². The summed E-state index contributed by atoms with van der Waals surface area (Å²) >= 11 is 3.39. The number of rotatable bonds is 2. The molecule has 2 aromatic rings.